The van der Waals surface area contributed by atoms with Crippen LogP contribution in [0.5, 0.6) is 0 Å². The normalized spacial score (nSPS) is 16.3. The van der Waals surface area contributed by atoms with Gasteiger partial charge in [0, 0.05) is 23.2 Å². The second-order valence-corrected chi connectivity index (χ2v) is 8.10. The van der Waals surface area contributed by atoms with Crippen LogP contribution in [0.4, 0.5) is 5.69 Å². The fourth-order valence-electron chi connectivity index (χ4n) is 3.24. The van der Waals surface area contributed by atoms with Crippen LogP contribution in [-0.2, 0) is 4.79 Å². The minimum Gasteiger partial charge on any atom is -0.347 e. The molecule has 0 spiro atoms. The van der Waals surface area contributed by atoms with E-state index in [0.717, 1.165) is 25.9 Å². The Morgan fingerprint density at radius 1 is 1.23 bits per heavy atom. The third-order valence-electron chi connectivity index (χ3n) is 4.59. The van der Waals surface area contributed by atoms with E-state index in [9.17, 15) is 9.59 Å². The van der Waals surface area contributed by atoms with E-state index < -0.39 is 0 Å². The Morgan fingerprint density at radius 3 is 2.50 bits per heavy atom. The van der Waals surface area contributed by atoms with Crippen molar-refractivity contribution >= 4 is 29.9 Å². The largest absolute Gasteiger partial charge is 0.347 e. The number of benzene rings is 1. The first-order chi connectivity index (χ1) is 11.7. The van der Waals surface area contributed by atoms with Crippen molar-refractivity contribution in [3.63, 3.8) is 0 Å². The van der Waals surface area contributed by atoms with E-state index in [1.807, 2.05) is 26.8 Å². The summed E-state index contributed by atoms with van der Waals surface area (Å²) in [6, 6.07) is 7.10. The Labute approximate surface area is 163 Å². The number of carbonyl (C=O) groups is 2. The molecule has 1 aliphatic heterocycles. The summed E-state index contributed by atoms with van der Waals surface area (Å²) >= 11 is 0. The topological polar surface area (TPSA) is 70.2 Å². The second-order valence-electron chi connectivity index (χ2n) is 8.10. The molecule has 1 atom stereocenters. The van der Waals surface area contributed by atoms with Gasteiger partial charge < -0.3 is 16.0 Å². The molecule has 1 aromatic carbocycles. The van der Waals surface area contributed by atoms with Crippen LogP contribution in [0.3, 0.4) is 0 Å². The third kappa shape index (κ3) is 7.34. The van der Waals surface area contributed by atoms with Crippen LogP contribution in [0, 0.1) is 11.8 Å². The molecule has 0 saturated carbocycles. The third-order valence-corrected chi connectivity index (χ3v) is 4.59. The van der Waals surface area contributed by atoms with Crippen LogP contribution >= 0.6 is 12.4 Å². The average Bonchev–Trinajstić information content (AvgIpc) is 2.54. The van der Waals surface area contributed by atoms with E-state index in [4.69, 9.17) is 0 Å². The first-order valence-electron chi connectivity index (χ1n) is 9.18. The lowest BCUT2D eigenvalue weighted by Gasteiger charge is -2.27. The van der Waals surface area contributed by atoms with Gasteiger partial charge >= 0.3 is 0 Å². The van der Waals surface area contributed by atoms with Gasteiger partial charge in [0.15, 0.2) is 0 Å². The van der Waals surface area contributed by atoms with Crippen LogP contribution < -0.4 is 16.0 Å². The van der Waals surface area contributed by atoms with E-state index in [0.29, 0.717) is 29.5 Å². The first-order valence-corrected chi connectivity index (χ1v) is 9.18. The quantitative estimate of drug-likeness (QED) is 0.729. The Kier molecular flexibility index (Phi) is 8.57. The zero-order chi connectivity index (χ0) is 18.4. The molecule has 2 rings (SSSR count). The van der Waals surface area contributed by atoms with Gasteiger partial charge in [0.25, 0.3) is 5.91 Å². The van der Waals surface area contributed by atoms with Crippen LogP contribution in [0.2, 0.25) is 0 Å². The lowest BCUT2D eigenvalue weighted by atomic mass is 9.84. The molecule has 1 saturated heterocycles. The van der Waals surface area contributed by atoms with Gasteiger partial charge in [-0.15, -0.1) is 12.4 Å². The monoisotopic (exact) mass is 381 g/mol. The van der Waals surface area contributed by atoms with E-state index in [1.165, 1.54) is 0 Å². The molecular formula is C20H32ClN3O2. The highest BCUT2D eigenvalue weighted by Gasteiger charge is 2.22. The molecule has 1 heterocycles. The number of amides is 2. The summed E-state index contributed by atoms with van der Waals surface area (Å²) in [5.41, 5.74) is 0.934. The van der Waals surface area contributed by atoms with Crippen molar-refractivity contribution < 1.29 is 9.59 Å². The van der Waals surface area contributed by atoms with Crippen molar-refractivity contribution in [2.24, 2.45) is 11.8 Å². The van der Waals surface area contributed by atoms with Crippen molar-refractivity contribution in [1.29, 1.82) is 0 Å². The van der Waals surface area contributed by atoms with E-state index in [1.54, 1.807) is 18.2 Å². The number of hydrogen-bond acceptors (Lipinski definition) is 3. The summed E-state index contributed by atoms with van der Waals surface area (Å²) < 4.78 is 0. The van der Waals surface area contributed by atoms with E-state index in [2.05, 4.69) is 22.9 Å². The summed E-state index contributed by atoms with van der Waals surface area (Å²) in [7, 11) is 0. The molecule has 0 aromatic heterocycles. The summed E-state index contributed by atoms with van der Waals surface area (Å²) in [6.45, 7) is 10.1. The summed E-state index contributed by atoms with van der Waals surface area (Å²) in [5.74, 6) is 0.858. The number of piperidine rings is 1. The van der Waals surface area contributed by atoms with Crippen LogP contribution in [-0.4, -0.2) is 30.4 Å². The maximum absolute atomic E-state index is 12.3. The van der Waals surface area contributed by atoms with E-state index >= 15 is 0 Å². The smallest absolute Gasteiger partial charge is 0.251 e. The number of nitrogens with one attached hydrogen (secondary N) is 3. The molecule has 5 nitrogen and oxygen atoms in total. The summed E-state index contributed by atoms with van der Waals surface area (Å²) in [4.78, 5) is 24.6. The number of halogens is 1. The molecule has 0 aliphatic carbocycles. The Bertz CT molecular complexity index is 607. The lowest BCUT2D eigenvalue weighted by Crippen LogP contribution is -2.40. The van der Waals surface area contributed by atoms with Gasteiger partial charge in [0.05, 0.1) is 0 Å². The lowest BCUT2D eigenvalue weighted by molar-refractivity contribution is -0.117. The van der Waals surface area contributed by atoms with Crippen LogP contribution in [0.1, 0.15) is 57.3 Å². The van der Waals surface area contributed by atoms with Crippen molar-refractivity contribution in [2.75, 3.05) is 18.4 Å². The molecule has 3 N–H and O–H groups in total. The fourth-order valence-corrected chi connectivity index (χ4v) is 3.24. The highest BCUT2D eigenvalue weighted by molar-refractivity contribution is 5.97. The second kappa shape index (κ2) is 9.93. The molecule has 1 aromatic rings. The Hall–Kier alpha value is -1.59. The highest BCUT2D eigenvalue weighted by Crippen LogP contribution is 2.24. The minimum atomic E-state index is -0.291. The standard InChI is InChI=1S/C20H31N3O2.ClH/c1-14(15-8-10-21-11-9-15)12-18(24)22-17-7-5-6-16(13-17)19(25)23-20(2,3)4;/h5-7,13-15,21H,8-12H2,1-4H3,(H,22,24)(H,23,25);1H. The highest BCUT2D eigenvalue weighted by atomic mass is 35.5. The zero-order valence-corrected chi connectivity index (χ0v) is 17.0. The first kappa shape index (κ1) is 22.5. The predicted octanol–water partition coefficient (Wildman–Crippen LogP) is 3.60. The van der Waals surface area contributed by atoms with Crippen LogP contribution in [0.15, 0.2) is 24.3 Å². The maximum atomic E-state index is 12.3. The molecule has 1 fully saturated rings. The summed E-state index contributed by atoms with van der Waals surface area (Å²) in [5, 5.41) is 9.23. The molecule has 146 valence electrons. The van der Waals surface area contributed by atoms with Gasteiger partial charge in [-0.1, -0.05) is 13.0 Å². The molecule has 2 amide bonds. The molecule has 0 bridgehead atoms. The number of anilines is 1. The van der Waals surface area contributed by atoms with Crippen molar-refractivity contribution in [1.82, 2.24) is 10.6 Å². The number of carbonyl (C=O) groups excluding carboxylic acids is 2. The Balaban J connectivity index is 0.00000338. The average molecular weight is 382 g/mol. The fraction of sp³-hybridized carbons (Fsp3) is 0.600. The Morgan fingerprint density at radius 2 is 1.88 bits per heavy atom. The molecule has 1 aliphatic rings. The van der Waals surface area contributed by atoms with Crippen molar-refractivity contribution in [2.45, 2.75) is 52.5 Å². The zero-order valence-electron chi connectivity index (χ0n) is 16.2. The van der Waals surface area contributed by atoms with Crippen LogP contribution in [0.25, 0.3) is 0 Å². The van der Waals surface area contributed by atoms with Gasteiger partial charge in [0.1, 0.15) is 0 Å². The van der Waals surface area contributed by atoms with Crippen molar-refractivity contribution in [3.05, 3.63) is 29.8 Å². The van der Waals surface area contributed by atoms with Gasteiger partial charge in [-0.25, -0.2) is 0 Å². The molecule has 0 radical (unpaired) electrons. The minimum absolute atomic E-state index is 0. The SMILES string of the molecule is CC(CC(=O)Nc1cccc(C(=O)NC(C)(C)C)c1)C1CCNCC1.Cl. The van der Waals surface area contributed by atoms with Gasteiger partial charge in [-0.05, 0) is 76.7 Å². The predicted molar refractivity (Wildman–Crippen MR) is 109 cm³/mol. The maximum Gasteiger partial charge on any atom is 0.251 e. The van der Waals surface area contributed by atoms with E-state index in [-0.39, 0.29) is 29.8 Å². The summed E-state index contributed by atoms with van der Waals surface area (Å²) in [6.07, 6.45) is 2.79. The number of hydrogen-bond donors (Lipinski definition) is 3. The van der Waals surface area contributed by atoms with Gasteiger partial charge in [0.2, 0.25) is 5.91 Å². The molecule has 26 heavy (non-hydrogen) atoms. The van der Waals surface area contributed by atoms with Crippen molar-refractivity contribution in [3.8, 4) is 0 Å². The number of rotatable bonds is 5. The molecular weight excluding hydrogens is 350 g/mol. The van der Waals surface area contributed by atoms with Gasteiger partial charge in [-0.3, -0.25) is 9.59 Å². The molecule has 6 heteroatoms. The van der Waals surface area contributed by atoms with Gasteiger partial charge in [-0.2, -0.15) is 0 Å². The molecule has 1 unspecified atom stereocenters.